The Morgan fingerprint density at radius 2 is 1.67 bits per heavy atom. The number of methoxy groups -OCH3 is 2. The Morgan fingerprint density at radius 1 is 1.00 bits per heavy atom. The summed E-state index contributed by atoms with van der Waals surface area (Å²) >= 11 is 5.89. The molecular weight excluding hydrogens is 366 g/mol. The Morgan fingerprint density at radius 3 is 2.26 bits per heavy atom. The van der Waals surface area contributed by atoms with Crippen LogP contribution >= 0.6 is 11.6 Å². The first-order valence-corrected chi connectivity index (χ1v) is 9.22. The number of carbonyl (C=O) groups excluding carboxylic acids is 2. The van der Waals surface area contributed by atoms with E-state index in [1.165, 1.54) is 7.11 Å². The minimum Gasteiger partial charge on any atom is -0.497 e. The van der Waals surface area contributed by atoms with Crippen LogP contribution in [0.5, 0.6) is 11.5 Å². The standard InChI is InChI=1S/C21H22ClNO4/c1-26-17-7-8-19(27-2)18(13-17)21(25)23-11-9-15(10-12-23)20(24)14-3-5-16(22)6-4-14/h3-8,13,15H,9-12H2,1-2H3. The Kier molecular flexibility index (Phi) is 6.01. The van der Waals surface area contributed by atoms with Gasteiger partial charge in [-0.1, -0.05) is 11.6 Å². The third-order valence-electron chi connectivity index (χ3n) is 4.92. The molecule has 2 aromatic rings. The molecule has 0 spiro atoms. The predicted molar refractivity (Wildman–Crippen MR) is 104 cm³/mol. The van der Waals surface area contributed by atoms with Crippen molar-refractivity contribution in [2.45, 2.75) is 12.8 Å². The average molecular weight is 388 g/mol. The van der Waals surface area contributed by atoms with Crippen LogP contribution in [0.4, 0.5) is 0 Å². The van der Waals surface area contributed by atoms with Crippen LogP contribution in [0.25, 0.3) is 0 Å². The monoisotopic (exact) mass is 387 g/mol. The largest absolute Gasteiger partial charge is 0.497 e. The van der Waals surface area contributed by atoms with Gasteiger partial charge in [0.2, 0.25) is 0 Å². The number of rotatable bonds is 5. The number of carbonyl (C=O) groups is 2. The summed E-state index contributed by atoms with van der Waals surface area (Å²) in [7, 11) is 3.10. The lowest BCUT2D eigenvalue weighted by atomic mass is 9.88. The highest BCUT2D eigenvalue weighted by Crippen LogP contribution is 2.28. The van der Waals surface area contributed by atoms with E-state index in [1.807, 2.05) is 0 Å². The van der Waals surface area contributed by atoms with E-state index in [1.54, 1.807) is 54.5 Å². The van der Waals surface area contributed by atoms with E-state index >= 15 is 0 Å². The molecule has 0 aliphatic carbocycles. The fraction of sp³-hybridized carbons (Fsp3) is 0.333. The number of ether oxygens (including phenoxy) is 2. The second kappa shape index (κ2) is 8.44. The van der Waals surface area contributed by atoms with E-state index in [0.29, 0.717) is 53.6 Å². The highest BCUT2D eigenvalue weighted by Gasteiger charge is 2.29. The summed E-state index contributed by atoms with van der Waals surface area (Å²) in [5.41, 5.74) is 1.14. The van der Waals surface area contributed by atoms with Gasteiger partial charge in [-0.3, -0.25) is 9.59 Å². The van der Waals surface area contributed by atoms with Gasteiger partial charge < -0.3 is 14.4 Å². The molecule has 1 aliphatic rings. The summed E-state index contributed by atoms with van der Waals surface area (Å²) in [6.45, 7) is 1.06. The van der Waals surface area contributed by atoms with Crippen molar-refractivity contribution in [3.05, 3.63) is 58.6 Å². The number of nitrogens with zero attached hydrogens (tertiary/aromatic N) is 1. The number of Topliss-reactive ketones (excluding diaryl/α,β-unsaturated/α-hetero) is 1. The second-order valence-electron chi connectivity index (χ2n) is 6.50. The van der Waals surface area contributed by atoms with E-state index in [4.69, 9.17) is 21.1 Å². The van der Waals surface area contributed by atoms with Crippen LogP contribution in [0, 0.1) is 5.92 Å². The summed E-state index contributed by atoms with van der Waals surface area (Å²) in [6.07, 6.45) is 1.28. The Hall–Kier alpha value is -2.53. The van der Waals surface area contributed by atoms with Crippen molar-refractivity contribution in [1.82, 2.24) is 4.90 Å². The molecule has 5 nitrogen and oxygen atoms in total. The quantitative estimate of drug-likeness (QED) is 0.725. The molecule has 6 heteroatoms. The second-order valence-corrected chi connectivity index (χ2v) is 6.94. The van der Waals surface area contributed by atoms with Crippen LogP contribution in [0.2, 0.25) is 5.02 Å². The number of piperidine rings is 1. The number of hydrogen-bond acceptors (Lipinski definition) is 4. The molecule has 0 radical (unpaired) electrons. The smallest absolute Gasteiger partial charge is 0.257 e. The molecule has 1 fully saturated rings. The maximum atomic E-state index is 12.9. The van der Waals surface area contributed by atoms with Crippen molar-refractivity contribution < 1.29 is 19.1 Å². The molecule has 1 saturated heterocycles. The van der Waals surface area contributed by atoms with Gasteiger partial charge in [0.05, 0.1) is 19.8 Å². The third-order valence-corrected chi connectivity index (χ3v) is 5.17. The van der Waals surface area contributed by atoms with Gasteiger partial charge in [-0.05, 0) is 55.3 Å². The molecule has 0 aromatic heterocycles. The molecule has 0 saturated carbocycles. The van der Waals surface area contributed by atoms with Gasteiger partial charge in [-0.2, -0.15) is 0 Å². The zero-order valence-corrected chi connectivity index (χ0v) is 16.2. The van der Waals surface area contributed by atoms with E-state index in [-0.39, 0.29) is 17.6 Å². The fourth-order valence-electron chi connectivity index (χ4n) is 3.35. The summed E-state index contributed by atoms with van der Waals surface area (Å²) in [5.74, 6) is 1.04. The lowest BCUT2D eigenvalue weighted by Crippen LogP contribution is -2.40. The molecule has 1 aliphatic heterocycles. The average Bonchev–Trinajstić information content (AvgIpc) is 2.73. The van der Waals surface area contributed by atoms with Crippen LogP contribution in [-0.2, 0) is 0 Å². The van der Waals surface area contributed by atoms with Gasteiger partial charge in [0.1, 0.15) is 11.5 Å². The number of benzene rings is 2. The van der Waals surface area contributed by atoms with Gasteiger partial charge in [0.15, 0.2) is 5.78 Å². The molecule has 1 heterocycles. The lowest BCUT2D eigenvalue weighted by molar-refractivity contribution is 0.0647. The van der Waals surface area contributed by atoms with Crippen molar-refractivity contribution in [1.29, 1.82) is 0 Å². The number of likely N-dealkylation sites (tertiary alicyclic amines) is 1. The van der Waals surface area contributed by atoms with Crippen molar-refractivity contribution in [2.24, 2.45) is 5.92 Å². The van der Waals surface area contributed by atoms with Crippen molar-refractivity contribution in [3.8, 4) is 11.5 Å². The Labute approximate surface area is 163 Å². The van der Waals surface area contributed by atoms with Crippen LogP contribution in [-0.4, -0.2) is 43.9 Å². The number of hydrogen-bond donors (Lipinski definition) is 0. The Bertz CT molecular complexity index is 827. The normalized spacial score (nSPS) is 14.7. The number of halogens is 1. The minimum atomic E-state index is -0.108. The molecule has 0 unspecified atom stereocenters. The highest BCUT2D eigenvalue weighted by atomic mass is 35.5. The molecule has 142 valence electrons. The van der Waals surface area contributed by atoms with E-state index in [2.05, 4.69) is 0 Å². The van der Waals surface area contributed by atoms with E-state index in [9.17, 15) is 9.59 Å². The topological polar surface area (TPSA) is 55.8 Å². The van der Waals surface area contributed by atoms with E-state index < -0.39 is 0 Å². The molecule has 27 heavy (non-hydrogen) atoms. The summed E-state index contributed by atoms with van der Waals surface area (Å²) in [6, 6.07) is 12.1. The molecule has 0 N–H and O–H groups in total. The number of ketones is 1. The number of amides is 1. The molecule has 3 rings (SSSR count). The molecule has 2 aromatic carbocycles. The fourth-order valence-corrected chi connectivity index (χ4v) is 3.47. The highest BCUT2D eigenvalue weighted by molar-refractivity contribution is 6.30. The Balaban J connectivity index is 1.67. The van der Waals surface area contributed by atoms with Crippen LogP contribution in [0.15, 0.2) is 42.5 Å². The molecule has 1 amide bonds. The van der Waals surface area contributed by atoms with Crippen molar-refractivity contribution in [2.75, 3.05) is 27.3 Å². The summed E-state index contributed by atoms with van der Waals surface area (Å²) in [5, 5.41) is 0.610. The van der Waals surface area contributed by atoms with Crippen molar-refractivity contribution >= 4 is 23.3 Å². The minimum absolute atomic E-state index is 0.0811. The maximum absolute atomic E-state index is 12.9. The third kappa shape index (κ3) is 4.25. The first-order valence-electron chi connectivity index (χ1n) is 8.84. The molecular formula is C21H22ClNO4. The lowest BCUT2D eigenvalue weighted by Gasteiger charge is -2.31. The first-order chi connectivity index (χ1) is 13.0. The van der Waals surface area contributed by atoms with Gasteiger partial charge in [-0.15, -0.1) is 0 Å². The van der Waals surface area contributed by atoms with Crippen molar-refractivity contribution in [3.63, 3.8) is 0 Å². The first kappa shape index (κ1) is 19.2. The van der Waals surface area contributed by atoms with Gasteiger partial charge >= 0.3 is 0 Å². The zero-order valence-electron chi connectivity index (χ0n) is 15.4. The zero-order chi connectivity index (χ0) is 19.4. The van der Waals surface area contributed by atoms with Crippen LogP contribution in [0.1, 0.15) is 33.6 Å². The predicted octanol–water partition coefficient (Wildman–Crippen LogP) is 4.09. The van der Waals surface area contributed by atoms with Gasteiger partial charge in [0.25, 0.3) is 5.91 Å². The summed E-state index contributed by atoms with van der Waals surface area (Å²) < 4.78 is 10.5. The maximum Gasteiger partial charge on any atom is 0.257 e. The van der Waals surface area contributed by atoms with Crippen LogP contribution in [0.3, 0.4) is 0 Å². The van der Waals surface area contributed by atoms with Gasteiger partial charge in [-0.25, -0.2) is 0 Å². The SMILES string of the molecule is COc1ccc(OC)c(C(=O)N2CCC(C(=O)c3ccc(Cl)cc3)CC2)c1. The van der Waals surface area contributed by atoms with E-state index in [0.717, 1.165) is 0 Å². The molecule has 0 bridgehead atoms. The van der Waals surface area contributed by atoms with Crippen LogP contribution < -0.4 is 9.47 Å². The summed E-state index contributed by atoms with van der Waals surface area (Å²) in [4.78, 5) is 27.3. The molecule has 0 atom stereocenters. The van der Waals surface area contributed by atoms with Gasteiger partial charge in [0, 0.05) is 29.6 Å².